The topological polar surface area (TPSA) is 101 Å². The standard InChI is InChI=1S/C6H11NO.C5H13NO3S/c1-3-4-5(2)6(7)8;1-6(2)4-3-5-10(7,8)9/h2-4H2,1H3,(H2,7,8);3-5H2,1-2H3,(H,7,8,9). The molecule has 18 heavy (non-hydrogen) atoms. The molecule has 0 aliphatic heterocycles. The van der Waals surface area contributed by atoms with Crippen LogP contribution in [0.15, 0.2) is 12.2 Å². The first-order valence-electron chi connectivity index (χ1n) is 5.67. The van der Waals surface area contributed by atoms with Crippen LogP contribution in [0, 0.1) is 0 Å². The molecule has 0 aromatic heterocycles. The second-order valence-corrected chi connectivity index (χ2v) is 5.73. The minimum absolute atomic E-state index is 0.148. The van der Waals surface area contributed by atoms with Crippen molar-refractivity contribution < 1.29 is 17.8 Å². The van der Waals surface area contributed by atoms with Crippen molar-refractivity contribution in [2.45, 2.75) is 26.2 Å². The molecular formula is C11H24N2O4S. The van der Waals surface area contributed by atoms with Crippen molar-refractivity contribution in [1.29, 1.82) is 0 Å². The van der Waals surface area contributed by atoms with Crippen LogP contribution in [0.2, 0.25) is 0 Å². The summed E-state index contributed by atoms with van der Waals surface area (Å²) in [6.07, 6.45) is 2.13. The van der Waals surface area contributed by atoms with E-state index in [-0.39, 0.29) is 11.7 Å². The van der Waals surface area contributed by atoms with Crippen molar-refractivity contribution >= 4 is 16.0 Å². The maximum atomic E-state index is 10.2. The number of amides is 1. The molecule has 1 amide bonds. The average Bonchev–Trinajstić information content (AvgIpc) is 2.16. The number of carbonyl (C=O) groups is 1. The highest BCUT2D eigenvalue weighted by molar-refractivity contribution is 7.85. The Balaban J connectivity index is 0. The zero-order valence-electron chi connectivity index (χ0n) is 11.3. The molecule has 0 aliphatic carbocycles. The van der Waals surface area contributed by atoms with Gasteiger partial charge in [-0.25, -0.2) is 0 Å². The summed E-state index contributed by atoms with van der Waals surface area (Å²) in [7, 11) is -0.0441. The lowest BCUT2D eigenvalue weighted by Crippen LogP contribution is -2.16. The number of nitrogens with zero attached hydrogens (tertiary/aromatic N) is 1. The van der Waals surface area contributed by atoms with Gasteiger partial charge in [-0.2, -0.15) is 8.42 Å². The van der Waals surface area contributed by atoms with Gasteiger partial charge in [0.2, 0.25) is 5.91 Å². The lowest BCUT2D eigenvalue weighted by atomic mass is 10.2. The lowest BCUT2D eigenvalue weighted by molar-refractivity contribution is -0.114. The molecule has 0 saturated heterocycles. The van der Waals surface area contributed by atoms with Crippen molar-refractivity contribution in [3.05, 3.63) is 12.2 Å². The van der Waals surface area contributed by atoms with Crippen LogP contribution in [0.25, 0.3) is 0 Å². The number of nitrogens with two attached hydrogens (primary N) is 1. The van der Waals surface area contributed by atoms with E-state index >= 15 is 0 Å². The molecule has 0 radical (unpaired) electrons. The molecule has 0 rings (SSSR count). The normalized spacial score (nSPS) is 10.7. The SMILES string of the molecule is C=C(CCC)C(N)=O.CN(C)CCCS(=O)(=O)O. The van der Waals surface area contributed by atoms with Gasteiger partial charge in [-0.3, -0.25) is 9.35 Å². The molecule has 108 valence electrons. The summed E-state index contributed by atoms with van der Waals surface area (Å²) >= 11 is 0. The van der Waals surface area contributed by atoms with Crippen LogP contribution in [-0.2, 0) is 14.9 Å². The van der Waals surface area contributed by atoms with Gasteiger partial charge in [-0.1, -0.05) is 19.9 Å². The second-order valence-electron chi connectivity index (χ2n) is 4.16. The summed E-state index contributed by atoms with van der Waals surface area (Å²) in [5.41, 5.74) is 5.40. The maximum absolute atomic E-state index is 10.2. The summed E-state index contributed by atoms with van der Waals surface area (Å²) in [6, 6.07) is 0. The Morgan fingerprint density at radius 2 is 1.89 bits per heavy atom. The summed E-state index contributed by atoms with van der Waals surface area (Å²) in [6.45, 7) is 6.13. The molecule has 0 atom stereocenters. The van der Waals surface area contributed by atoms with Crippen LogP contribution in [-0.4, -0.2) is 50.2 Å². The maximum Gasteiger partial charge on any atom is 0.264 e. The molecule has 0 spiro atoms. The monoisotopic (exact) mass is 280 g/mol. The molecule has 6 nitrogen and oxygen atoms in total. The van der Waals surface area contributed by atoms with E-state index in [9.17, 15) is 13.2 Å². The summed E-state index contributed by atoms with van der Waals surface area (Å²) in [5.74, 6) is -0.530. The lowest BCUT2D eigenvalue weighted by Gasteiger charge is -2.06. The van der Waals surface area contributed by atoms with Crippen LogP contribution in [0.5, 0.6) is 0 Å². The van der Waals surface area contributed by atoms with E-state index in [1.165, 1.54) is 0 Å². The predicted octanol–water partition coefficient (Wildman–Crippen LogP) is 0.654. The highest BCUT2D eigenvalue weighted by Crippen LogP contribution is 1.98. The first kappa shape index (κ1) is 19.4. The van der Waals surface area contributed by atoms with E-state index < -0.39 is 10.1 Å². The van der Waals surface area contributed by atoms with Crippen molar-refractivity contribution in [3.63, 3.8) is 0 Å². The summed E-state index contributed by atoms with van der Waals surface area (Å²) in [5, 5.41) is 0. The third-order valence-corrected chi connectivity index (χ3v) is 2.71. The number of hydrogen-bond acceptors (Lipinski definition) is 4. The van der Waals surface area contributed by atoms with Gasteiger partial charge >= 0.3 is 0 Å². The third kappa shape index (κ3) is 17.5. The highest BCUT2D eigenvalue weighted by atomic mass is 32.2. The fourth-order valence-corrected chi connectivity index (χ4v) is 1.48. The summed E-state index contributed by atoms with van der Waals surface area (Å²) in [4.78, 5) is 12.1. The molecule has 0 aliphatic rings. The number of carbonyl (C=O) groups excluding carboxylic acids is 1. The number of rotatable bonds is 7. The quantitative estimate of drug-likeness (QED) is 0.527. The smallest absolute Gasteiger partial charge is 0.264 e. The van der Waals surface area contributed by atoms with E-state index in [4.69, 9.17) is 10.3 Å². The van der Waals surface area contributed by atoms with Crippen LogP contribution in [0.1, 0.15) is 26.2 Å². The van der Waals surface area contributed by atoms with Crippen LogP contribution in [0.4, 0.5) is 0 Å². The first-order chi connectivity index (χ1) is 8.10. The van der Waals surface area contributed by atoms with Crippen molar-refractivity contribution in [2.75, 3.05) is 26.4 Å². The van der Waals surface area contributed by atoms with E-state index in [1.807, 2.05) is 25.9 Å². The summed E-state index contributed by atoms with van der Waals surface area (Å²) < 4.78 is 28.6. The van der Waals surface area contributed by atoms with Crippen molar-refractivity contribution in [3.8, 4) is 0 Å². The Morgan fingerprint density at radius 1 is 1.39 bits per heavy atom. The third-order valence-electron chi connectivity index (χ3n) is 1.91. The van der Waals surface area contributed by atoms with Gasteiger partial charge in [-0.15, -0.1) is 0 Å². The number of hydrogen-bond donors (Lipinski definition) is 2. The molecule has 0 bridgehead atoms. The highest BCUT2D eigenvalue weighted by Gasteiger charge is 2.02. The molecule has 0 saturated carbocycles. The fourth-order valence-electron chi connectivity index (χ4n) is 0.988. The predicted molar refractivity (Wildman–Crippen MR) is 72.8 cm³/mol. The average molecular weight is 280 g/mol. The van der Waals surface area contributed by atoms with Crippen LogP contribution in [0.3, 0.4) is 0 Å². The largest absolute Gasteiger partial charge is 0.366 e. The Bertz CT molecular complexity index is 350. The van der Waals surface area contributed by atoms with Crippen molar-refractivity contribution in [1.82, 2.24) is 4.90 Å². The molecule has 0 aromatic rings. The zero-order chi connectivity index (χ0) is 14.8. The molecule has 3 N–H and O–H groups in total. The van der Waals surface area contributed by atoms with Gasteiger partial charge in [0.15, 0.2) is 0 Å². The molecular weight excluding hydrogens is 256 g/mol. The Morgan fingerprint density at radius 3 is 2.11 bits per heavy atom. The van der Waals surface area contributed by atoms with E-state index in [0.717, 1.165) is 12.8 Å². The van der Waals surface area contributed by atoms with Gasteiger partial charge < -0.3 is 10.6 Å². The molecule has 0 unspecified atom stereocenters. The molecule has 0 fully saturated rings. The van der Waals surface area contributed by atoms with Gasteiger partial charge in [0.1, 0.15) is 0 Å². The van der Waals surface area contributed by atoms with Crippen LogP contribution >= 0.6 is 0 Å². The number of primary amides is 1. The Hall–Kier alpha value is -0.920. The first-order valence-corrected chi connectivity index (χ1v) is 7.28. The fraction of sp³-hybridized carbons (Fsp3) is 0.727. The van der Waals surface area contributed by atoms with Crippen molar-refractivity contribution in [2.24, 2.45) is 5.73 Å². The van der Waals surface area contributed by atoms with Gasteiger partial charge in [0.05, 0.1) is 5.75 Å². The van der Waals surface area contributed by atoms with E-state index in [1.54, 1.807) is 0 Å². The van der Waals surface area contributed by atoms with E-state index in [2.05, 4.69) is 6.58 Å². The minimum Gasteiger partial charge on any atom is -0.366 e. The zero-order valence-corrected chi connectivity index (χ0v) is 12.2. The molecule has 0 aromatic carbocycles. The van der Waals surface area contributed by atoms with Gasteiger partial charge in [0.25, 0.3) is 10.1 Å². The Kier molecular flexibility index (Phi) is 10.8. The minimum atomic E-state index is -3.75. The van der Waals surface area contributed by atoms with Crippen LogP contribution < -0.4 is 5.73 Å². The van der Waals surface area contributed by atoms with Gasteiger partial charge in [-0.05, 0) is 33.5 Å². The van der Waals surface area contributed by atoms with E-state index in [0.29, 0.717) is 18.5 Å². The Labute approximate surface area is 110 Å². The molecule has 0 heterocycles. The second kappa shape index (κ2) is 10.0. The molecule has 7 heteroatoms. The van der Waals surface area contributed by atoms with Gasteiger partial charge in [0, 0.05) is 5.57 Å².